The second kappa shape index (κ2) is 7.10. The van der Waals surface area contributed by atoms with Crippen LogP contribution in [0, 0.1) is 5.92 Å². The van der Waals surface area contributed by atoms with Gasteiger partial charge in [-0.05, 0) is 24.3 Å². The lowest BCUT2D eigenvalue weighted by molar-refractivity contribution is -0.139. The van der Waals surface area contributed by atoms with Crippen molar-refractivity contribution in [3.8, 4) is 0 Å². The Hall–Kier alpha value is -1.31. The average molecular weight is 234 g/mol. The maximum absolute atomic E-state index is 11.3. The lowest BCUT2D eigenvalue weighted by atomic mass is 9.88. The fraction of sp³-hybridized carbons (Fsp3) is 0.533. The van der Waals surface area contributed by atoms with Gasteiger partial charge in [0, 0.05) is 0 Å². The second-order valence-electron chi connectivity index (χ2n) is 4.56. The SMILES string of the molecule is CCC(CC)CCC(C(=O)O)c1ccccc1. The van der Waals surface area contributed by atoms with Crippen LogP contribution in [0.1, 0.15) is 51.0 Å². The Bertz CT molecular complexity index is 328. The topological polar surface area (TPSA) is 37.3 Å². The highest BCUT2D eigenvalue weighted by molar-refractivity contribution is 5.75. The summed E-state index contributed by atoms with van der Waals surface area (Å²) >= 11 is 0. The highest BCUT2D eigenvalue weighted by Gasteiger charge is 2.20. The monoisotopic (exact) mass is 234 g/mol. The summed E-state index contributed by atoms with van der Waals surface area (Å²) in [4.78, 5) is 11.3. The Morgan fingerprint density at radius 2 is 1.71 bits per heavy atom. The Morgan fingerprint density at radius 3 is 2.18 bits per heavy atom. The molecule has 0 heterocycles. The zero-order chi connectivity index (χ0) is 12.7. The average Bonchev–Trinajstić information content (AvgIpc) is 2.35. The standard InChI is InChI=1S/C15H22O2/c1-3-12(4-2)10-11-14(15(16)17)13-8-6-5-7-9-13/h5-9,12,14H,3-4,10-11H2,1-2H3,(H,16,17). The largest absolute Gasteiger partial charge is 0.481 e. The first-order valence-electron chi connectivity index (χ1n) is 6.46. The molecule has 0 fully saturated rings. The third-order valence-electron chi connectivity index (χ3n) is 3.52. The van der Waals surface area contributed by atoms with E-state index in [1.807, 2.05) is 30.3 Å². The van der Waals surface area contributed by atoms with E-state index >= 15 is 0 Å². The number of hydrogen-bond donors (Lipinski definition) is 1. The number of benzene rings is 1. The molecule has 94 valence electrons. The molecule has 1 unspecified atom stereocenters. The van der Waals surface area contributed by atoms with Gasteiger partial charge in [-0.1, -0.05) is 57.0 Å². The minimum Gasteiger partial charge on any atom is -0.481 e. The van der Waals surface area contributed by atoms with Crippen LogP contribution in [0.15, 0.2) is 30.3 Å². The van der Waals surface area contributed by atoms with Gasteiger partial charge in [-0.2, -0.15) is 0 Å². The normalized spacial score (nSPS) is 12.6. The predicted octanol–water partition coefficient (Wildman–Crippen LogP) is 4.07. The van der Waals surface area contributed by atoms with E-state index in [1.165, 1.54) is 0 Å². The summed E-state index contributed by atoms with van der Waals surface area (Å²) in [5.74, 6) is -0.403. The molecule has 17 heavy (non-hydrogen) atoms. The number of carbonyl (C=O) groups is 1. The molecule has 0 aliphatic carbocycles. The van der Waals surface area contributed by atoms with Crippen LogP contribution < -0.4 is 0 Å². The Kier molecular flexibility index (Phi) is 5.75. The van der Waals surface area contributed by atoms with Gasteiger partial charge < -0.3 is 5.11 Å². The molecule has 0 amide bonds. The number of aliphatic carboxylic acids is 1. The minimum absolute atomic E-state index is 0.350. The van der Waals surface area contributed by atoms with E-state index in [0.29, 0.717) is 5.92 Å². The lowest BCUT2D eigenvalue weighted by Gasteiger charge is -2.16. The summed E-state index contributed by atoms with van der Waals surface area (Å²) in [6.45, 7) is 4.35. The maximum atomic E-state index is 11.3. The number of hydrogen-bond acceptors (Lipinski definition) is 1. The van der Waals surface area contributed by atoms with Crippen molar-refractivity contribution >= 4 is 5.97 Å². The molecular formula is C15H22O2. The molecule has 0 bridgehead atoms. The molecule has 0 aromatic heterocycles. The van der Waals surface area contributed by atoms with E-state index in [-0.39, 0.29) is 5.92 Å². The number of carboxylic acid groups (broad SMARTS) is 1. The van der Waals surface area contributed by atoms with Crippen molar-refractivity contribution in [1.29, 1.82) is 0 Å². The summed E-state index contributed by atoms with van der Waals surface area (Å²) < 4.78 is 0. The van der Waals surface area contributed by atoms with Crippen molar-refractivity contribution in [2.75, 3.05) is 0 Å². The molecule has 0 spiro atoms. The van der Waals surface area contributed by atoms with E-state index in [9.17, 15) is 9.90 Å². The van der Waals surface area contributed by atoms with Crippen molar-refractivity contribution < 1.29 is 9.90 Å². The van der Waals surface area contributed by atoms with Gasteiger partial charge in [0.05, 0.1) is 5.92 Å². The summed E-state index contributed by atoms with van der Waals surface area (Å²) in [6, 6.07) is 9.55. The van der Waals surface area contributed by atoms with Gasteiger partial charge in [0.1, 0.15) is 0 Å². The van der Waals surface area contributed by atoms with E-state index in [4.69, 9.17) is 0 Å². The first kappa shape index (κ1) is 13.8. The van der Waals surface area contributed by atoms with Crippen LogP contribution >= 0.6 is 0 Å². The van der Waals surface area contributed by atoms with Crippen molar-refractivity contribution in [2.45, 2.75) is 45.4 Å². The highest BCUT2D eigenvalue weighted by atomic mass is 16.4. The molecule has 0 aliphatic heterocycles. The van der Waals surface area contributed by atoms with Gasteiger partial charge in [-0.15, -0.1) is 0 Å². The van der Waals surface area contributed by atoms with Crippen LogP contribution in [0.4, 0.5) is 0 Å². The number of rotatable bonds is 7. The zero-order valence-corrected chi connectivity index (χ0v) is 10.7. The summed E-state index contributed by atoms with van der Waals surface area (Å²) in [5, 5.41) is 9.28. The Balaban J connectivity index is 2.65. The summed E-state index contributed by atoms with van der Waals surface area (Å²) in [5.41, 5.74) is 0.922. The van der Waals surface area contributed by atoms with Crippen molar-refractivity contribution in [1.82, 2.24) is 0 Å². The summed E-state index contributed by atoms with van der Waals surface area (Å²) in [7, 11) is 0. The fourth-order valence-electron chi connectivity index (χ4n) is 2.22. The van der Waals surface area contributed by atoms with Crippen LogP contribution in [-0.2, 0) is 4.79 Å². The Labute approximate surface area is 104 Å². The molecule has 1 rings (SSSR count). The van der Waals surface area contributed by atoms with Crippen LogP contribution in [0.5, 0.6) is 0 Å². The quantitative estimate of drug-likeness (QED) is 0.772. The molecule has 0 radical (unpaired) electrons. The molecule has 1 aromatic rings. The lowest BCUT2D eigenvalue weighted by Crippen LogP contribution is -2.13. The van der Waals surface area contributed by atoms with E-state index in [2.05, 4.69) is 13.8 Å². The van der Waals surface area contributed by atoms with Gasteiger partial charge in [-0.3, -0.25) is 4.79 Å². The first-order chi connectivity index (χ1) is 8.19. The van der Waals surface area contributed by atoms with Crippen molar-refractivity contribution in [3.63, 3.8) is 0 Å². The zero-order valence-electron chi connectivity index (χ0n) is 10.7. The molecule has 2 nitrogen and oxygen atoms in total. The molecule has 1 aromatic carbocycles. The summed E-state index contributed by atoms with van der Waals surface area (Å²) in [6.07, 6.45) is 4.01. The third kappa shape index (κ3) is 4.22. The molecular weight excluding hydrogens is 212 g/mol. The molecule has 0 saturated carbocycles. The van der Waals surface area contributed by atoms with Crippen LogP contribution in [0.2, 0.25) is 0 Å². The van der Waals surface area contributed by atoms with Gasteiger partial charge >= 0.3 is 5.97 Å². The molecule has 1 atom stereocenters. The second-order valence-corrected chi connectivity index (χ2v) is 4.56. The van der Waals surface area contributed by atoms with Gasteiger partial charge in [0.15, 0.2) is 0 Å². The third-order valence-corrected chi connectivity index (χ3v) is 3.52. The first-order valence-corrected chi connectivity index (χ1v) is 6.46. The van der Waals surface area contributed by atoms with Crippen LogP contribution in [0.3, 0.4) is 0 Å². The van der Waals surface area contributed by atoms with E-state index < -0.39 is 5.97 Å². The van der Waals surface area contributed by atoms with Gasteiger partial charge in [0.25, 0.3) is 0 Å². The van der Waals surface area contributed by atoms with Crippen molar-refractivity contribution in [3.05, 3.63) is 35.9 Å². The van der Waals surface area contributed by atoms with Crippen LogP contribution in [0.25, 0.3) is 0 Å². The van der Waals surface area contributed by atoms with Gasteiger partial charge in [-0.25, -0.2) is 0 Å². The Morgan fingerprint density at radius 1 is 1.12 bits per heavy atom. The smallest absolute Gasteiger partial charge is 0.310 e. The highest BCUT2D eigenvalue weighted by Crippen LogP contribution is 2.25. The molecule has 0 saturated heterocycles. The molecule has 0 aliphatic rings. The van der Waals surface area contributed by atoms with Gasteiger partial charge in [0.2, 0.25) is 0 Å². The fourth-order valence-corrected chi connectivity index (χ4v) is 2.22. The van der Waals surface area contributed by atoms with E-state index in [0.717, 1.165) is 31.2 Å². The number of carboxylic acids is 1. The maximum Gasteiger partial charge on any atom is 0.310 e. The molecule has 1 N–H and O–H groups in total. The predicted molar refractivity (Wildman–Crippen MR) is 70.1 cm³/mol. The van der Waals surface area contributed by atoms with Crippen LogP contribution in [-0.4, -0.2) is 11.1 Å². The van der Waals surface area contributed by atoms with Crippen molar-refractivity contribution in [2.24, 2.45) is 5.92 Å². The van der Waals surface area contributed by atoms with E-state index in [1.54, 1.807) is 0 Å². The molecule has 2 heteroatoms. The minimum atomic E-state index is -0.706.